The summed E-state index contributed by atoms with van der Waals surface area (Å²) in [5.74, 6) is -2.25. The quantitative estimate of drug-likeness (QED) is 0.636. The van der Waals surface area contributed by atoms with Gasteiger partial charge in [-0.05, 0) is 23.3 Å². The lowest BCUT2D eigenvalue weighted by Gasteiger charge is -2.25. The Hall–Kier alpha value is -3.88. The van der Waals surface area contributed by atoms with Crippen LogP contribution < -0.4 is 10.6 Å². The molecule has 3 rings (SSSR count). The lowest BCUT2D eigenvalue weighted by Crippen LogP contribution is -2.55. The van der Waals surface area contributed by atoms with Gasteiger partial charge in [-0.15, -0.1) is 0 Å². The van der Waals surface area contributed by atoms with Crippen molar-refractivity contribution in [1.82, 2.24) is 15.5 Å². The van der Waals surface area contributed by atoms with Gasteiger partial charge in [0.15, 0.2) is 11.8 Å². The van der Waals surface area contributed by atoms with Crippen LogP contribution in [-0.4, -0.2) is 46.8 Å². The summed E-state index contributed by atoms with van der Waals surface area (Å²) in [5.41, 5.74) is 2.15. The average Bonchev–Trinajstić information content (AvgIpc) is 3.22. The van der Waals surface area contributed by atoms with Gasteiger partial charge < -0.3 is 25.1 Å². The number of aliphatic carboxylic acids is 1. The number of hydrogen-bond donors (Lipinski definition) is 3. The van der Waals surface area contributed by atoms with Gasteiger partial charge in [0.2, 0.25) is 0 Å². The van der Waals surface area contributed by atoms with Crippen LogP contribution in [-0.2, 0) is 14.4 Å². The Balaban J connectivity index is 1.77. The second kappa shape index (κ2) is 8.42. The number of carboxylic acid groups (broad SMARTS) is 1. The molecule has 3 N–H and O–H groups in total. The molecular formula is C20H19N3O6. The van der Waals surface area contributed by atoms with E-state index in [9.17, 15) is 24.3 Å². The van der Waals surface area contributed by atoms with Crippen molar-refractivity contribution < 1.29 is 28.7 Å². The van der Waals surface area contributed by atoms with E-state index in [4.69, 9.17) is 4.42 Å². The number of urea groups is 1. The molecular weight excluding hydrogens is 378 g/mol. The van der Waals surface area contributed by atoms with E-state index >= 15 is 0 Å². The van der Waals surface area contributed by atoms with Crippen LogP contribution in [0.3, 0.4) is 0 Å². The smallest absolute Gasteiger partial charge is 0.316 e. The number of nitrogens with one attached hydrogen (secondary N) is 2. The summed E-state index contributed by atoms with van der Waals surface area (Å²) >= 11 is 0. The molecule has 150 valence electrons. The largest absolute Gasteiger partial charge is 0.481 e. The predicted octanol–water partition coefficient (Wildman–Crippen LogP) is 1.69. The van der Waals surface area contributed by atoms with E-state index in [0.29, 0.717) is 5.56 Å². The first-order valence-corrected chi connectivity index (χ1v) is 8.75. The number of furan rings is 1. The van der Waals surface area contributed by atoms with Gasteiger partial charge in [-0.2, -0.15) is 0 Å². The summed E-state index contributed by atoms with van der Waals surface area (Å²) in [4.78, 5) is 48.9. The van der Waals surface area contributed by atoms with Crippen molar-refractivity contribution >= 4 is 23.7 Å². The SMILES string of the molecule is CN1C=CC(=O)C(NC(=O)NC(CC(=O)O)c2cccc(-c3ccoc3)c2)C1=O. The Morgan fingerprint density at radius 1 is 1.24 bits per heavy atom. The lowest BCUT2D eigenvalue weighted by atomic mass is 9.99. The summed E-state index contributed by atoms with van der Waals surface area (Å²) in [7, 11) is 1.46. The van der Waals surface area contributed by atoms with Crippen molar-refractivity contribution in [3.8, 4) is 11.1 Å². The standard InChI is InChI=1S/C20H19N3O6/c1-23-7-5-16(24)18(19(23)27)22-20(28)21-15(10-17(25)26)13-4-2-3-12(9-13)14-6-8-29-11-14/h2-9,11,15,18H,10H2,1H3,(H,25,26)(H2,21,22,28). The van der Waals surface area contributed by atoms with Crippen LogP contribution in [0.2, 0.25) is 0 Å². The fourth-order valence-electron chi connectivity index (χ4n) is 2.93. The summed E-state index contributed by atoms with van der Waals surface area (Å²) in [5, 5.41) is 14.1. The van der Waals surface area contributed by atoms with Gasteiger partial charge in [0, 0.05) is 24.9 Å². The fraction of sp³-hybridized carbons (Fsp3) is 0.200. The number of hydrogen-bond acceptors (Lipinski definition) is 5. The maximum absolute atomic E-state index is 12.4. The molecule has 0 saturated carbocycles. The van der Waals surface area contributed by atoms with Crippen molar-refractivity contribution in [3.63, 3.8) is 0 Å². The minimum Gasteiger partial charge on any atom is -0.481 e. The molecule has 9 nitrogen and oxygen atoms in total. The highest BCUT2D eigenvalue weighted by atomic mass is 16.4. The molecule has 1 aliphatic rings. The zero-order valence-electron chi connectivity index (χ0n) is 15.5. The van der Waals surface area contributed by atoms with E-state index in [0.717, 1.165) is 11.1 Å². The molecule has 3 amide bonds. The maximum atomic E-state index is 12.4. The zero-order chi connectivity index (χ0) is 21.0. The van der Waals surface area contributed by atoms with E-state index in [1.807, 2.05) is 6.07 Å². The first-order valence-electron chi connectivity index (χ1n) is 8.75. The molecule has 9 heteroatoms. The molecule has 0 fully saturated rings. The molecule has 1 aliphatic heterocycles. The number of carbonyl (C=O) groups is 4. The highest BCUT2D eigenvalue weighted by Gasteiger charge is 2.32. The predicted molar refractivity (Wildman–Crippen MR) is 102 cm³/mol. The molecule has 2 aromatic rings. The van der Waals surface area contributed by atoms with E-state index in [1.165, 1.54) is 30.5 Å². The van der Waals surface area contributed by atoms with Gasteiger partial charge >= 0.3 is 12.0 Å². The van der Waals surface area contributed by atoms with Gasteiger partial charge in [0.1, 0.15) is 0 Å². The fourth-order valence-corrected chi connectivity index (χ4v) is 2.93. The average molecular weight is 397 g/mol. The van der Waals surface area contributed by atoms with Crippen molar-refractivity contribution in [2.75, 3.05) is 7.05 Å². The Kier molecular flexibility index (Phi) is 5.77. The molecule has 0 radical (unpaired) electrons. The van der Waals surface area contributed by atoms with Crippen molar-refractivity contribution in [3.05, 3.63) is 60.7 Å². The minimum atomic E-state index is -1.35. The molecule has 1 aromatic heterocycles. The summed E-state index contributed by atoms with van der Waals surface area (Å²) in [6.07, 6.45) is 5.20. The summed E-state index contributed by atoms with van der Waals surface area (Å²) in [6, 6.07) is 5.70. The molecule has 2 unspecified atom stereocenters. The third kappa shape index (κ3) is 4.70. The molecule has 29 heavy (non-hydrogen) atoms. The first-order chi connectivity index (χ1) is 13.8. The van der Waals surface area contributed by atoms with Crippen LogP contribution >= 0.6 is 0 Å². The normalized spacial score (nSPS) is 17.1. The van der Waals surface area contributed by atoms with Crippen LogP contribution in [0.4, 0.5) is 4.79 Å². The number of amides is 3. The number of ketones is 1. The first kappa shape index (κ1) is 19.9. The topological polar surface area (TPSA) is 129 Å². The Labute approximate surface area is 166 Å². The van der Waals surface area contributed by atoms with Crippen molar-refractivity contribution in [2.24, 2.45) is 0 Å². The number of carboxylic acids is 1. The maximum Gasteiger partial charge on any atom is 0.316 e. The summed E-state index contributed by atoms with van der Waals surface area (Å²) in [6.45, 7) is 0. The highest BCUT2D eigenvalue weighted by Crippen LogP contribution is 2.25. The van der Waals surface area contributed by atoms with Gasteiger partial charge in [-0.3, -0.25) is 14.4 Å². The molecule has 0 bridgehead atoms. The van der Waals surface area contributed by atoms with E-state index < -0.39 is 35.8 Å². The Morgan fingerprint density at radius 3 is 2.72 bits per heavy atom. The van der Waals surface area contributed by atoms with E-state index in [2.05, 4.69) is 10.6 Å². The number of nitrogens with zero attached hydrogens (tertiary/aromatic N) is 1. The number of carbonyl (C=O) groups excluding carboxylic acids is 3. The van der Waals surface area contributed by atoms with E-state index in [1.54, 1.807) is 30.5 Å². The second-order valence-electron chi connectivity index (χ2n) is 6.51. The van der Waals surface area contributed by atoms with Crippen LogP contribution in [0.15, 0.2) is 59.6 Å². The second-order valence-corrected chi connectivity index (χ2v) is 6.51. The molecule has 1 aromatic carbocycles. The summed E-state index contributed by atoms with van der Waals surface area (Å²) < 4.78 is 5.06. The third-order valence-electron chi connectivity index (χ3n) is 4.44. The van der Waals surface area contributed by atoms with Gasteiger partial charge in [0.25, 0.3) is 5.91 Å². The molecule has 0 aliphatic carbocycles. The molecule has 0 spiro atoms. The van der Waals surface area contributed by atoms with Crippen LogP contribution in [0.5, 0.6) is 0 Å². The zero-order valence-corrected chi connectivity index (χ0v) is 15.5. The minimum absolute atomic E-state index is 0.380. The Morgan fingerprint density at radius 2 is 2.03 bits per heavy atom. The van der Waals surface area contributed by atoms with Crippen LogP contribution in [0.25, 0.3) is 11.1 Å². The third-order valence-corrected chi connectivity index (χ3v) is 4.44. The van der Waals surface area contributed by atoms with E-state index in [-0.39, 0.29) is 6.42 Å². The lowest BCUT2D eigenvalue weighted by molar-refractivity contribution is -0.138. The molecule has 0 saturated heterocycles. The molecule has 2 heterocycles. The number of rotatable bonds is 6. The number of benzene rings is 1. The van der Waals surface area contributed by atoms with Crippen molar-refractivity contribution in [1.29, 1.82) is 0 Å². The monoisotopic (exact) mass is 397 g/mol. The van der Waals surface area contributed by atoms with Gasteiger partial charge in [-0.25, -0.2) is 4.79 Å². The Bertz CT molecular complexity index is 966. The van der Waals surface area contributed by atoms with Crippen LogP contribution in [0, 0.1) is 0 Å². The van der Waals surface area contributed by atoms with Gasteiger partial charge in [-0.1, -0.05) is 18.2 Å². The van der Waals surface area contributed by atoms with Gasteiger partial charge in [0.05, 0.1) is 25.0 Å². The molecule has 2 atom stereocenters. The number of likely N-dealkylation sites (N-methyl/N-ethyl adjacent to an activating group) is 1. The van der Waals surface area contributed by atoms with Crippen molar-refractivity contribution in [2.45, 2.75) is 18.5 Å². The van der Waals surface area contributed by atoms with Crippen LogP contribution in [0.1, 0.15) is 18.0 Å². The highest BCUT2D eigenvalue weighted by molar-refractivity contribution is 6.14.